The molecule has 0 spiro atoms. The summed E-state index contributed by atoms with van der Waals surface area (Å²) in [5.74, 6) is 1.03. The predicted molar refractivity (Wildman–Crippen MR) is 86.1 cm³/mol. The molecule has 2 rings (SSSR count). The number of hydrogen-bond acceptors (Lipinski definition) is 2. The van der Waals surface area contributed by atoms with E-state index in [1.54, 1.807) is 20.3 Å². The summed E-state index contributed by atoms with van der Waals surface area (Å²) >= 11 is 10.00. The molecule has 0 aliphatic carbocycles. The van der Waals surface area contributed by atoms with E-state index in [1.807, 2.05) is 19.1 Å². The first-order valence-electron chi connectivity index (χ1n) is 6.29. The van der Waals surface area contributed by atoms with Crippen LogP contribution in [0.1, 0.15) is 22.1 Å². The molecule has 2 nitrogen and oxygen atoms in total. The minimum absolute atomic E-state index is 0.277. The maximum absolute atomic E-state index is 13.2. The summed E-state index contributed by atoms with van der Waals surface area (Å²) in [6.45, 7) is 1.83. The zero-order valence-corrected chi connectivity index (χ0v) is 14.3. The van der Waals surface area contributed by atoms with Crippen molar-refractivity contribution in [3.8, 4) is 11.5 Å². The van der Waals surface area contributed by atoms with E-state index in [0.29, 0.717) is 11.5 Å². The summed E-state index contributed by atoms with van der Waals surface area (Å²) in [6.07, 6.45) is 0. The van der Waals surface area contributed by atoms with Crippen LogP contribution in [0, 0.1) is 12.7 Å². The van der Waals surface area contributed by atoms with Crippen LogP contribution in [0.5, 0.6) is 11.5 Å². The average molecular weight is 374 g/mol. The highest BCUT2D eigenvalue weighted by atomic mass is 79.9. The molecule has 0 saturated carbocycles. The lowest BCUT2D eigenvalue weighted by molar-refractivity contribution is 0.397. The Bertz CT molecular complexity index is 661. The van der Waals surface area contributed by atoms with E-state index in [-0.39, 0.29) is 5.82 Å². The summed E-state index contributed by atoms with van der Waals surface area (Å²) in [6, 6.07) is 8.19. The lowest BCUT2D eigenvalue weighted by Gasteiger charge is -2.18. The first-order valence-corrected chi connectivity index (χ1v) is 7.52. The first kappa shape index (κ1) is 16.1. The van der Waals surface area contributed by atoms with Gasteiger partial charge >= 0.3 is 0 Å². The molecular formula is C16H15BrClFO2. The molecule has 21 heavy (non-hydrogen) atoms. The second kappa shape index (κ2) is 6.67. The van der Waals surface area contributed by atoms with E-state index in [1.165, 1.54) is 12.1 Å². The van der Waals surface area contributed by atoms with E-state index >= 15 is 0 Å². The van der Waals surface area contributed by atoms with Crippen molar-refractivity contribution in [2.75, 3.05) is 14.2 Å². The summed E-state index contributed by atoms with van der Waals surface area (Å²) < 4.78 is 24.7. The highest BCUT2D eigenvalue weighted by Gasteiger charge is 2.20. The van der Waals surface area contributed by atoms with Gasteiger partial charge in [-0.05, 0) is 58.2 Å². The van der Waals surface area contributed by atoms with Crippen LogP contribution in [0.15, 0.2) is 34.8 Å². The van der Waals surface area contributed by atoms with Crippen molar-refractivity contribution in [3.63, 3.8) is 0 Å². The Balaban J connectivity index is 2.53. The van der Waals surface area contributed by atoms with Crippen molar-refractivity contribution >= 4 is 27.5 Å². The van der Waals surface area contributed by atoms with E-state index in [4.69, 9.17) is 21.1 Å². The van der Waals surface area contributed by atoms with Crippen molar-refractivity contribution in [2.45, 2.75) is 12.3 Å². The zero-order valence-electron chi connectivity index (χ0n) is 11.9. The van der Waals surface area contributed by atoms with Crippen LogP contribution in [0.3, 0.4) is 0 Å². The van der Waals surface area contributed by atoms with Crippen LogP contribution in [0.25, 0.3) is 0 Å². The smallest absolute Gasteiger partial charge is 0.133 e. The standard InChI is InChI=1S/C16H15BrClFO2/c1-9-6-10(19)4-5-11(9)16(18)12-7-15(21-3)13(17)8-14(12)20-2/h4-8,16H,1-3H3. The molecule has 2 aromatic carbocycles. The van der Waals surface area contributed by atoms with Crippen LogP contribution in [0.2, 0.25) is 0 Å². The number of rotatable bonds is 4. The van der Waals surface area contributed by atoms with Gasteiger partial charge < -0.3 is 9.47 Å². The minimum Gasteiger partial charge on any atom is -0.496 e. The molecule has 0 N–H and O–H groups in total. The predicted octanol–water partition coefficient (Wildman–Crippen LogP) is 5.24. The fourth-order valence-electron chi connectivity index (χ4n) is 2.17. The number of ether oxygens (including phenoxy) is 2. The molecule has 0 radical (unpaired) electrons. The Morgan fingerprint density at radius 1 is 1.05 bits per heavy atom. The third-order valence-corrected chi connectivity index (χ3v) is 4.37. The van der Waals surface area contributed by atoms with Crippen molar-refractivity contribution in [3.05, 3.63) is 57.3 Å². The largest absolute Gasteiger partial charge is 0.496 e. The molecule has 1 atom stereocenters. The third-order valence-electron chi connectivity index (χ3n) is 3.28. The molecule has 0 aliphatic rings. The average Bonchev–Trinajstić information content (AvgIpc) is 2.46. The lowest BCUT2D eigenvalue weighted by Crippen LogP contribution is -2.01. The summed E-state index contributed by atoms with van der Waals surface area (Å²) in [5.41, 5.74) is 2.40. The normalized spacial score (nSPS) is 12.1. The third kappa shape index (κ3) is 3.33. The van der Waals surface area contributed by atoms with Crippen LogP contribution >= 0.6 is 27.5 Å². The maximum atomic E-state index is 13.2. The van der Waals surface area contributed by atoms with E-state index < -0.39 is 5.38 Å². The van der Waals surface area contributed by atoms with Crippen LogP contribution < -0.4 is 9.47 Å². The van der Waals surface area contributed by atoms with Crippen molar-refractivity contribution in [2.24, 2.45) is 0 Å². The van der Waals surface area contributed by atoms with Gasteiger partial charge in [-0.2, -0.15) is 0 Å². The van der Waals surface area contributed by atoms with E-state index in [9.17, 15) is 4.39 Å². The number of hydrogen-bond donors (Lipinski definition) is 0. The second-order valence-electron chi connectivity index (χ2n) is 4.59. The van der Waals surface area contributed by atoms with Crippen molar-refractivity contribution < 1.29 is 13.9 Å². The lowest BCUT2D eigenvalue weighted by atomic mass is 9.99. The number of benzene rings is 2. The first-order chi connectivity index (χ1) is 9.97. The molecule has 0 bridgehead atoms. The van der Waals surface area contributed by atoms with Gasteiger partial charge in [-0.3, -0.25) is 0 Å². The summed E-state index contributed by atoms with van der Waals surface area (Å²) in [5, 5.41) is -0.456. The minimum atomic E-state index is -0.456. The Morgan fingerprint density at radius 3 is 2.29 bits per heavy atom. The molecule has 0 aromatic heterocycles. The van der Waals surface area contributed by atoms with Crippen LogP contribution in [0.4, 0.5) is 4.39 Å². The monoisotopic (exact) mass is 372 g/mol. The van der Waals surface area contributed by atoms with Crippen molar-refractivity contribution in [1.29, 1.82) is 0 Å². The number of methoxy groups -OCH3 is 2. The molecule has 0 aliphatic heterocycles. The fourth-order valence-corrected chi connectivity index (χ4v) is 3.07. The number of halogens is 3. The second-order valence-corrected chi connectivity index (χ2v) is 5.88. The van der Waals surface area contributed by atoms with Gasteiger partial charge in [0, 0.05) is 5.56 Å². The Kier molecular flexibility index (Phi) is 5.12. The number of alkyl halides is 1. The Labute approximate surface area is 137 Å². The molecule has 112 valence electrons. The van der Waals surface area contributed by atoms with Gasteiger partial charge in [-0.15, -0.1) is 11.6 Å². The molecule has 0 fully saturated rings. The highest BCUT2D eigenvalue weighted by molar-refractivity contribution is 9.10. The van der Waals surface area contributed by atoms with Crippen LogP contribution in [-0.4, -0.2) is 14.2 Å². The zero-order chi connectivity index (χ0) is 15.6. The van der Waals surface area contributed by atoms with E-state index in [0.717, 1.165) is 21.2 Å². The van der Waals surface area contributed by atoms with Gasteiger partial charge in [0.05, 0.1) is 24.1 Å². The molecule has 0 amide bonds. The van der Waals surface area contributed by atoms with Gasteiger partial charge in [0.25, 0.3) is 0 Å². The molecular weight excluding hydrogens is 359 g/mol. The van der Waals surface area contributed by atoms with Gasteiger partial charge in [0.15, 0.2) is 0 Å². The highest BCUT2D eigenvalue weighted by Crippen LogP contribution is 2.41. The molecule has 0 saturated heterocycles. The summed E-state index contributed by atoms with van der Waals surface area (Å²) in [4.78, 5) is 0. The van der Waals surface area contributed by atoms with Gasteiger partial charge in [0.1, 0.15) is 17.3 Å². The quantitative estimate of drug-likeness (QED) is 0.682. The van der Waals surface area contributed by atoms with Gasteiger partial charge in [0.2, 0.25) is 0 Å². The molecule has 2 aromatic rings. The topological polar surface area (TPSA) is 18.5 Å². The SMILES string of the molecule is COc1cc(C(Cl)c2ccc(F)cc2C)c(OC)cc1Br. The van der Waals surface area contributed by atoms with Gasteiger partial charge in [-0.25, -0.2) is 4.39 Å². The van der Waals surface area contributed by atoms with E-state index in [2.05, 4.69) is 15.9 Å². The Morgan fingerprint density at radius 2 is 1.71 bits per heavy atom. The maximum Gasteiger partial charge on any atom is 0.133 e. The fraction of sp³-hybridized carbons (Fsp3) is 0.250. The number of aryl methyl sites for hydroxylation is 1. The van der Waals surface area contributed by atoms with Crippen LogP contribution in [-0.2, 0) is 0 Å². The van der Waals surface area contributed by atoms with Crippen molar-refractivity contribution in [1.82, 2.24) is 0 Å². The summed E-state index contributed by atoms with van der Waals surface area (Å²) in [7, 11) is 3.17. The Hall–Kier alpha value is -1.26. The molecule has 5 heteroatoms. The molecule has 0 heterocycles. The van der Waals surface area contributed by atoms with Gasteiger partial charge in [-0.1, -0.05) is 6.07 Å². The molecule has 1 unspecified atom stereocenters.